The number of nitrogen functional groups attached to an aromatic ring is 1. The molecule has 3 N–H and O–H groups in total. The number of anilines is 2. The largest absolute Gasteiger partial charge is 0.399 e. The molecule has 20 heavy (non-hydrogen) atoms. The van der Waals surface area contributed by atoms with Gasteiger partial charge in [-0.05, 0) is 44.0 Å². The van der Waals surface area contributed by atoms with Crippen molar-refractivity contribution < 1.29 is 4.74 Å². The molecule has 108 valence electrons. The Morgan fingerprint density at radius 2 is 2.10 bits per heavy atom. The molecule has 1 aromatic carbocycles. The van der Waals surface area contributed by atoms with Gasteiger partial charge in [0.1, 0.15) is 0 Å². The van der Waals surface area contributed by atoms with E-state index in [1.165, 1.54) is 0 Å². The van der Waals surface area contributed by atoms with Crippen LogP contribution in [0, 0.1) is 6.92 Å². The molecule has 1 aromatic heterocycles. The SMILES string of the molecule is CCCOCCCNc1cc(C)nc2ccc(N)cc12. The van der Waals surface area contributed by atoms with Crippen molar-refractivity contribution in [1.29, 1.82) is 0 Å². The standard InChI is InChI=1S/C16H23N3O/c1-3-8-20-9-4-7-18-16-10-12(2)19-15-6-5-13(17)11-14(15)16/h5-6,10-11H,3-4,7-9,17H2,1-2H3,(H,18,19). The van der Waals surface area contributed by atoms with Crippen molar-refractivity contribution in [3.05, 3.63) is 30.0 Å². The summed E-state index contributed by atoms with van der Waals surface area (Å²) in [5.41, 5.74) is 9.70. The zero-order valence-corrected chi connectivity index (χ0v) is 12.3. The predicted octanol–water partition coefficient (Wildman–Crippen LogP) is 3.35. The van der Waals surface area contributed by atoms with E-state index in [0.717, 1.165) is 60.6 Å². The summed E-state index contributed by atoms with van der Waals surface area (Å²) in [6.45, 7) is 6.65. The smallest absolute Gasteiger partial charge is 0.0727 e. The first-order valence-corrected chi connectivity index (χ1v) is 7.19. The molecule has 0 amide bonds. The third-order valence-electron chi connectivity index (χ3n) is 3.09. The summed E-state index contributed by atoms with van der Waals surface area (Å²) in [4.78, 5) is 4.53. The molecule has 0 bridgehead atoms. The predicted molar refractivity (Wildman–Crippen MR) is 85.1 cm³/mol. The summed E-state index contributed by atoms with van der Waals surface area (Å²) in [6.07, 6.45) is 2.06. The van der Waals surface area contributed by atoms with E-state index in [1.54, 1.807) is 0 Å². The minimum atomic E-state index is 0.762. The fraction of sp³-hybridized carbons (Fsp3) is 0.438. The van der Waals surface area contributed by atoms with Crippen LogP contribution in [0.25, 0.3) is 10.9 Å². The molecular weight excluding hydrogens is 250 g/mol. The number of aromatic nitrogens is 1. The van der Waals surface area contributed by atoms with Gasteiger partial charge in [0.15, 0.2) is 0 Å². The lowest BCUT2D eigenvalue weighted by Gasteiger charge is -2.11. The number of rotatable bonds is 7. The van der Waals surface area contributed by atoms with Crippen molar-refractivity contribution in [3.8, 4) is 0 Å². The van der Waals surface area contributed by atoms with Crippen molar-refractivity contribution in [1.82, 2.24) is 4.98 Å². The van der Waals surface area contributed by atoms with Crippen LogP contribution in [0.4, 0.5) is 11.4 Å². The minimum absolute atomic E-state index is 0.762. The van der Waals surface area contributed by atoms with Crippen LogP contribution < -0.4 is 11.1 Å². The van der Waals surface area contributed by atoms with Crippen molar-refractivity contribution in [2.75, 3.05) is 30.8 Å². The fourth-order valence-corrected chi connectivity index (χ4v) is 2.17. The van der Waals surface area contributed by atoms with Gasteiger partial charge in [-0.3, -0.25) is 4.98 Å². The lowest BCUT2D eigenvalue weighted by atomic mass is 10.1. The molecule has 0 unspecified atom stereocenters. The Balaban J connectivity index is 2.03. The van der Waals surface area contributed by atoms with Crippen LogP contribution >= 0.6 is 0 Å². The average Bonchev–Trinajstić information content (AvgIpc) is 2.43. The van der Waals surface area contributed by atoms with E-state index in [2.05, 4.69) is 23.3 Å². The molecule has 2 rings (SSSR count). The van der Waals surface area contributed by atoms with Gasteiger partial charge >= 0.3 is 0 Å². The highest BCUT2D eigenvalue weighted by atomic mass is 16.5. The minimum Gasteiger partial charge on any atom is -0.399 e. The summed E-state index contributed by atoms with van der Waals surface area (Å²) in [5, 5.41) is 4.53. The van der Waals surface area contributed by atoms with Crippen molar-refractivity contribution in [2.45, 2.75) is 26.7 Å². The highest BCUT2D eigenvalue weighted by molar-refractivity contribution is 5.93. The van der Waals surface area contributed by atoms with Crippen LogP contribution in [0.5, 0.6) is 0 Å². The molecule has 4 nitrogen and oxygen atoms in total. The van der Waals surface area contributed by atoms with Gasteiger partial charge in [-0.2, -0.15) is 0 Å². The highest BCUT2D eigenvalue weighted by Crippen LogP contribution is 2.25. The molecule has 0 aliphatic heterocycles. The zero-order valence-electron chi connectivity index (χ0n) is 12.3. The van der Waals surface area contributed by atoms with E-state index in [0.29, 0.717) is 0 Å². The maximum Gasteiger partial charge on any atom is 0.0727 e. The van der Waals surface area contributed by atoms with Gasteiger partial charge in [-0.1, -0.05) is 6.92 Å². The van der Waals surface area contributed by atoms with E-state index in [4.69, 9.17) is 10.5 Å². The first-order chi connectivity index (χ1) is 9.70. The van der Waals surface area contributed by atoms with Crippen LogP contribution in [0.2, 0.25) is 0 Å². The number of nitrogens with two attached hydrogens (primary N) is 1. The van der Waals surface area contributed by atoms with Crippen LogP contribution in [-0.2, 0) is 4.74 Å². The monoisotopic (exact) mass is 273 g/mol. The molecule has 0 aliphatic rings. The zero-order chi connectivity index (χ0) is 14.4. The summed E-state index contributed by atoms with van der Waals surface area (Å²) in [7, 11) is 0. The van der Waals surface area contributed by atoms with Gasteiger partial charge in [-0.15, -0.1) is 0 Å². The number of nitrogens with one attached hydrogen (secondary N) is 1. The number of benzene rings is 1. The number of aryl methyl sites for hydroxylation is 1. The number of hydrogen-bond acceptors (Lipinski definition) is 4. The summed E-state index contributed by atoms with van der Waals surface area (Å²) in [6, 6.07) is 7.89. The van der Waals surface area contributed by atoms with E-state index in [1.807, 2.05) is 25.1 Å². The summed E-state index contributed by atoms with van der Waals surface area (Å²) < 4.78 is 5.48. The van der Waals surface area contributed by atoms with E-state index >= 15 is 0 Å². The van der Waals surface area contributed by atoms with E-state index in [-0.39, 0.29) is 0 Å². The number of fused-ring (bicyclic) bond motifs is 1. The molecule has 0 atom stereocenters. The van der Waals surface area contributed by atoms with Crippen molar-refractivity contribution >= 4 is 22.3 Å². The second-order valence-corrected chi connectivity index (χ2v) is 4.98. The second-order valence-electron chi connectivity index (χ2n) is 4.98. The van der Waals surface area contributed by atoms with Gasteiger partial charge in [-0.25, -0.2) is 0 Å². The highest BCUT2D eigenvalue weighted by Gasteiger charge is 2.04. The summed E-state index contributed by atoms with van der Waals surface area (Å²) in [5.74, 6) is 0. The van der Waals surface area contributed by atoms with Crippen molar-refractivity contribution in [3.63, 3.8) is 0 Å². The third-order valence-corrected chi connectivity index (χ3v) is 3.09. The Kier molecular flexibility index (Phi) is 5.18. The van der Waals surface area contributed by atoms with Gasteiger partial charge in [0.2, 0.25) is 0 Å². The third kappa shape index (κ3) is 3.84. The molecule has 0 saturated carbocycles. The molecule has 2 aromatic rings. The topological polar surface area (TPSA) is 60.2 Å². The average molecular weight is 273 g/mol. The number of pyridine rings is 1. The van der Waals surface area contributed by atoms with Crippen LogP contribution in [0.1, 0.15) is 25.5 Å². The normalized spacial score (nSPS) is 10.9. The first-order valence-electron chi connectivity index (χ1n) is 7.19. The molecule has 0 radical (unpaired) electrons. The lowest BCUT2D eigenvalue weighted by Crippen LogP contribution is -2.07. The van der Waals surface area contributed by atoms with E-state index in [9.17, 15) is 0 Å². The molecule has 0 aliphatic carbocycles. The lowest BCUT2D eigenvalue weighted by molar-refractivity contribution is 0.134. The van der Waals surface area contributed by atoms with Gasteiger partial charge in [0, 0.05) is 42.2 Å². The van der Waals surface area contributed by atoms with Crippen molar-refractivity contribution in [2.24, 2.45) is 0 Å². The molecule has 0 spiro atoms. The van der Waals surface area contributed by atoms with Gasteiger partial charge in [0.25, 0.3) is 0 Å². The Labute approximate surface area is 120 Å². The van der Waals surface area contributed by atoms with Gasteiger partial charge in [0.05, 0.1) is 5.52 Å². The molecule has 0 saturated heterocycles. The number of ether oxygens (including phenoxy) is 1. The molecule has 1 heterocycles. The fourth-order valence-electron chi connectivity index (χ4n) is 2.17. The Morgan fingerprint density at radius 1 is 1.25 bits per heavy atom. The molecule has 0 fully saturated rings. The summed E-state index contributed by atoms with van der Waals surface area (Å²) >= 11 is 0. The maximum absolute atomic E-state index is 5.86. The maximum atomic E-state index is 5.86. The Morgan fingerprint density at radius 3 is 2.90 bits per heavy atom. The Hall–Kier alpha value is -1.81. The quantitative estimate of drug-likeness (QED) is 0.600. The number of hydrogen-bond donors (Lipinski definition) is 2. The van der Waals surface area contributed by atoms with E-state index < -0.39 is 0 Å². The first kappa shape index (κ1) is 14.6. The number of nitrogens with zero attached hydrogens (tertiary/aromatic N) is 1. The molecule has 4 heteroatoms. The van der Waals surface area contributed by atoms with Crippen LogP contribution in [-0.4, -0.2) is 24.7 Å². The molecular formula is C16H23N3O. The van der Waals surface area contributed by atoms with Crippen LogP contribution in [0.3, 0.4) is 0 Å². The van der Waals surface area contributed by atoms with Crippen LogP contribution in [0.15, 0.2) is 24.3 Å². The Bertz CT molecular complexity index is 569. The second kappa shape index (κ2) is 7.10. The van der Waals surface area contributed by atoms with Gasteiger partial charge < -0.3 is 15.8 Å².